The van der Waals surface area contributed by atoms with E-state index in [9.17, 15) is 4.79 Å². The van der Waals surface area contributed by atoms with Gasteiger partial charge < -0.3 is 10.1 Å². The predicted octanol–water partition coefficient (Wildman–Crippen LogP) is 3.89. The Labute approximate surface area is 159 Å². The summed E-state index contributed by atoms with van der Waals surface area (Å²) in [5.74, 6) is 0.563. The van der Waals surface area contributed by atoms with Crippen molar-refractivity contribution in [2.24, 2.45) is 0 Å². The van der Waals surface area contributed by atoms with Gasteiger partial charge in [-0.1, -0.05) is 23.5 Å². The van der Waals surface area contributed by atoms with Crippen molar-refractivity contribution in [1.82, 2.24) is 19.8 Å². The van der Waals surface area contributed by atoms with Crippen LogP contribution in [0.15, 0.2) is 54.9 Å². The van der Waals surface area contributed by atoms with Crippen LogP contribution in [0.3, 0.4) is 0 Å². The first-order valence-electron chi connectivity index (χ1n) is 8.44. The van der Waals surface area contributed by atoms with E-state index in [1.165, 1.54) is 11.3 Å². The Balaban J connectivity index is 1.50. The summed E-state index contributed by atoms with van der Waals surface area (Å²) in [5, 5.41) is 16.0. The van der Waals surface area contributed by atoms with Crippen LogP contribution in [0.4, 0.5) is 5.69 Å². The number of fused-ring (bicyclic) bond motifs is 1. The van der Waals surface area contributed by atoms with Gasteiger partial charge in [0.05, 0.1) is 6.10 Å². The van der Waals surface area contributed by atoms with Crippen molar-refractivity contribution >= 4 is 27.9 Å². The second kappa shape index (κ2) is 7.16. The van der Waals surface area contributed by atoms with E-state index in [-0.39, 0.29) is 12.0 Å². The number of nitrogens with one attached hydrogen (secondary N) is 1. The van der Waals surface area contributed by atoms with E-state index in [0.29, 0.717) is 11.3 Å². The van der Waals surface area contributed by atoms with Gasteiger partial charge in [-0.15, -0.1) is 10.2 Å². The monoisotopic (exact) mass is 379 g/mol. The fourth-order valence-electron chi connectivity index (χ4n) is 2.57. The molecular formula is C19H17N5O2S. The largest absolute Gasteiger partial charge is 0.491 e. The third-order valence-electron chi connectivity index (χ3n) is 3.74. The summed E-state index contributed by atoms with van der Waals surface area (Å²) in [5.41, 5.74) is 2.17. The minimum atomic E-state index is -0.179. The summed E-state index contributed by atoms with van der Waals surface area (Å²) in [4.78, 5) is 13.2. The molecule has 0 aliphatic carbocycles. The maximum atomic E-state index is 12.5. The third kappa shape index (κ3) is 3.80. The first-order valence-corrected chi connectivity index (χ1v) is 9.25. The second-order valence-electron chi connectivity index (χ2n) is 6.19. The number of anilines is 1. The molecule has 0 unspecified atom stereocenters. The van der Waals surface area contributed by atoms with Crippen LogP contribution in [0.5, 0.6) is 5.75 Å². The van der Waals surface area contributed by atoms with Crippen LogP contribution in [0.1, 0.15) is 24.2 Å². The van der Waals surface area contributed by atoms with Gasteiger partial charge in [-0.2, -0.15) is 9.61 Å². The van der Waals surface area contributed by atoms with Crippen LogP contribution >= 0.6 is 11.3 Å². The molecule has 7 nitrogen and oxygen atoms in total. The third-order valence-corrected chi connectivity index (χ3v) is 4.70. The first-order chi connectivity index (χ1) is 13.1. The summed E-state index contributed by atoms with van der Waals surface area (Å²) in [6, 6.07) is 14.7. The van der Waals surface area contributed by atoms with E-state index >= 15 is 0 Å². The highest BCUT2D eigenvalue weighted by Crippen LogP contribution is 2.27. The summed E-state index contributed by atoms with van der Waals surface area (Å²) >= 11 is 1.44. The lowest BCUT2D eigenvalue weighted by Crippen LogP contribution is -2.12. The SMILES string of the molecule is CC(C)Oc1ccc(C(=O)Nc2cccc(-c3nn4cnnc4s3)c2)cc1. The summed E-state index contributed by atoms with van der Waals surface area (Å²) < 4.78 is 7.23. The van der Waals surface area contributed by atoms with Crippen molar-refractivity contribution in [3.8, 4) is 16.3 Å². The molecule has 2 aromatic carbocycles. The molecule has 8 heteroatoms. The van der Waals surface area contributed by atoms with Crippen molar-refractivity contribution < 1.29 is 9.53 Å². The minimum absolute atomic E-state index is 0.0943. The maximum Gasteiger partial charge on any atom is 0.255 e. The highest BCUT2D eigenvalue weighted by molar-refractivity contribution is 7.19. The van der Waals surface area contributed by atoms with Gasteiger partial charge in [-0.05, 0) is 50.2 Å². The van der Waals surface area contributed by atoms with Crippen molar-refractivity contribution in [2.45, 2.75) is 20.0 Å². The molecule has 0 bridgehead atoms. The lowest BCUT2D eigenvalue weighted by atomic mass is 10.1. The Morgan fingerprint density at radius 3 is 2.74 bits per heavy atom. The molecule has 0 atom stereocenters. The summed E-state index contributed by atoms with van der Waals surface area (Å²) in [7, 11) is 0. The molecule has 4 aromatic rings. The Hall–Kier alpha value is -3.26. The van der Waals surface area contributed by atoms with Gasteiger partial charge in [0.25, 0.3) is 5.91 Å². The van der Waals surface area contributed by atoms with Crippen molar-refractivity contribution in [2.75, 3.05) is 5.32 Å². The molecule has 1 amide bonds. The smallest absolute Gasteiger partial charge is 0.255 e. The van der Waals surface area contributed by atoms with Crippen LogP contribution in [0.25, 0.3) is 15.5 Å². The molecule has 27 heavy (non-hydrogen) atoms. The number of hydrogen-bond donors (Lipinski definition) is 1. The molecule has 0 spiro atoms. The molecule has 0 saturated carbocycles. The van der Waals surface area contributed by atoms with Crippen molar-refractivity contribution in [3.05, 3.63) is 60.4 Å². The number of ether oxygens (including phenoxy) is 1. The zero-order chi connectivity index (χ0) is 18.8. The van der Waals surface area contributed by atoms with Gasteiger partial charge in [0.2, 0.25) is 4.96 Å². The van der Waals surface area contributed by atoms with E-state index in [4.69, 9.17) is 4.74 Å². The Bertz CT molecular complexity index is 1060. The lowest BCUT2D eigenvalue weighted by molar-refractivity contribution is 0.102. The number of aromatic nitrogens is 4. The van der Waals surface area contributed by atoms with Crippen LogP contribution < -0.4 is 10.1 Å². The number of nitrogens with zero attached hydrogens (tertiary/aromatic N) is 4. The number of carbonyl (C=O) groups excluding carboxylic acids is 1. The zero-order valence-corrected chi connectivity index (χ0v) is 15.6. The topological polar surface area (TPSA) is 81.4 Å². The number of carbonyl (C=O) groups is 1. The molecule has 0 radical (unpaired) electrons. The maximum absolute atomic E-state index is 12.5. The Morgan fingerprint density at radius 2 is 2.00 bits per heavy atom. The molecule has 1 N–H and O–H groups in total. The van der Waals surface area contributed by atoms with Crippen molar-refractivity contribution in [1.29, 1.82) is 0 Å². The Kier molecular flexibility index (Phi) is 4.55. The van der Waals surface area contributed by atoms with Crippen LogP contribution in [0.2, 0.25) is 0 Å². The van der Waals surface area contributed by atoms with Gasteiger partial charge in [-0.25, -0.2) is 0 Å². The average molecular weight is 379 g/mol. The quantitative estimate of drug-likeness (QED) is 0.569. The van der Waals surface area contributed by atoms with Crippen LogP contribution in [0, 0.1) is 0 Å². The molecule has 4 rings (SSSR count). The lowest BCUT2D eigenvalue weighted by Gasteiger charge is -2.10. The molecule has 0 aliphatic heterocycles. The van der Waals surface area contributed by atoms with E-state index in [1.807, 2.05) is 38.1 Å². The van der Waals surface area contributed by atoms with E-state index in [1.54, 1.807) is 35.1 Å². The van der Waals surface area contributed by atoms with Gasteiger partial charge >= 0.3 is 0 Å². The van der Waals surface area contributed by atoms with Crippen LogP contribution in [-0.4, -0.2) is 31.8 Å². The van der Waals surface area contributed by atoms with Gasteiger partial charge in [0.1, 0.15) is 17.1 Å². The zero-order valence-electron chi connectivity index (χ0n) is 14.8. The minimum Gasteiger partial charge on any atom is -0.491 e. The number of amides is 1. The molecule has 0 saturated heterocycles. The predicted molar refractivity (Wildman–Crippen MR) is 104 cm³/mol. The van der Waals surface area contributed by atoms with E-state index in [2.05, 4.69) is 20.6 Å². The highest BCUT2D eigenvalue weighted by atomic mass is 32.1. The summed E-state index contributed by atoms with van der Waals surface area (Å²) in [6.45, 7) is 3.92. The number of benzene rings is 2. The molecule has 2 heterocycles. The second-order valence-corrected chi connectivity index (χ2v) is 7.15. The van der Waals surface area contributed by atoms with E-state index < -0.39 is 0 Å². The molecule has 2 aromatic heterocycles. The number of hydrogen-bond acceptors (Lipinski definition) is 6. The van der Waals surface area contributed by atoms with Crippen LogP contribution in [-0.2, 0) is 0 Å². The van der Waals surface area contributed by atoms with Gasteiger partial charge in [-0.3, -0.25) is 4.79 Å². The fraction of sp³-hybridized carbons (Fsp3) is 0.158. The van der Waals surface area contributed by atoms with Gasteiger partial charge in [0, 0.05) is 16.8 Å². The highest BCUT2D eigenvalue weighted by Gasteiger charge is 2.10. The molecule has 0 aliphatic rings. The fourth-order valence-corrected chi connectivity index (χ4v) is 3.38. The van der Waals surface area contributed by atoms with Crippen molar-refractivity contribution in [3.63, 3.8) is 0 Å². The average Bonchev–Trinajstić information content (AvgIpc) is 3.24. The van der Waals surface area contributed by atoms with Gasteiger partial charge in [0.15, 0.2) is 0 Å². The molecule has 0 fully saturated rings. The molecular weight excluding hydrogens is 362 g/mol. The first kappa shape index (κ1) is 17.2. The summed E-state index contributed by atoms with van der Waals surface area (Å²) in [6.07, 6.45) is 1.66. The molecule has 136 valence electrons. The number of rotatable bonds is 5. The normalized spacial score (nSPS) is 11.1. The van der Waals surface area contributed by atoms with E-state index in [0.717, 1.165) is 21.3 Å². The Morgan fingerprint density at radius 1 is 1.19 bits per heavy atom. The standard InChI is InChI=1S/C19H17N5O2S/c1-12(2)26-16-8-6-13(7-9-16)17(25)21-15-5-3-4-14(10-15)18-23-24-11-20-22-19(24)27-18/h3-12H,1-2H3,(H,21,25).